The summed E-state index contributed by atoms with van der Waals surface area (Å²) in [6.07, 6.45) is 6.70. The fourth-order valence-electron chi connectivity index (χ4n) is 5.66. The number of nitro groups is 1. The Labute approximate surface area is 243 Å². The number of nitro benzene ring substituents is 1. The topological polar surface area (TPSA) is 127 Å². The van der Waals surface area contributed by atoms with Gasteiger partial charge in [-0.05, 0) is 54.3 Å². The smallest absolute Gasteiger partial charge is 0.269 e. The lowest BCUT2D eigenvalue weighted by Gasteiger charge is -2.34. The highest BCUT2D eigenvalue weighted by atomic mass is 16.6. The number of H-pyrrole nitrogens is 1. The van der Waals surface area contributed by atoms with E-state index < -0.39 is 11.0 Å². The number of nitrogens with one attached hydrogen (secondary N) is 2. The molecule has 10 heteroatoms. The summed E-state index contributed by atoms with van der Waals surface area (Å²) >= 11 is 0. The molecule has 0 aliphatic heterocycles. The number of rotatable bonds is 10. The third kappa shape index (κ3) is 6.07. The second kappa shape index (κ2) is 12.8. The number of methoxy groups -OCH3 is 2. The maximum atomic E-state index is 14.3. The number of ether oxygens (including phenoxy) is 2. The molecule has 218 valence electrons. The molecule has 1 aliphatic carbocycles. The van der Waals surface area contributed by atoms with Crippen LogP contribution in [0.4, 0.5) is 11.4 Å². The highest BCUT2D eigenvalue weighted by molar-refractivity contribution is 6.03. The van der Waals surface area contributed by atoms with Crippen molar-refractivity contribution in [1.29, 1.82) is 0 Å². The van der Waals surface area contributed by atoms with E-state index in [9.17, 15) is 19.7 Å². The number of carbonyl (C=O) groups excluding carboxylic acids is 2. The standard InChI is InChI=1S/C32H34N4O6/c1-41-28-17-16-25(19-29(28)42-2)35(30(37)18-22-20-33-27-11-7-6-10-26(22)27)31(21-12-14-24(15-13-21)36(39)40)32(38)34-23-8-4-3-5-9-23/h6-7,10-17,19-20,23,31,33H,3-5,8-9,18H2,1-2H3,(H,34,38). The first-order chi connectivity index (χ1) is 20.4. The summed E-state index contributed by atoms with van der Waals surface area (Å²) in [5.41, 5.74) is 2.47. The molecule has 1 unspecified atom stereocenters. The summed E-state index contributed by atoms with van der Waals surface area (Å²) in [7, 11) is 3.03. The van der Waals surface area contributed by atoms with Crippen LogP contribution in [0, 0.1) is 10.1 Å². The first-order valence-corrected chi connectivity index (χ1v) is 14.0. The fourth-order valence-corrected chi connectivity index (χ4v) is 5.66. The Balaban J connectivity index is 1.61. The summed E-state index contributed by atoms with van der Waals surface area (Å²) in [5.74, 6) is 0.200. The van der Waals surface area contributed by atoms with Crippen LogP contribution in [0.2, 0.25) is 0 Å². The molecule has 3 aromatic carbocycles. The molecule has 2 amide bonds. The molecule has 5 rings (SSSR count). The van der Waals surface area contributed by atoms with E-state index in [2.05, 4.69) is 10.3 Å². The summed E-state index contributed by atoms with van der Waals surface area (Å²) in [6.45, 7) is 0. The van der Waals surface area contributed by atoms with Crippen LogP contribution >= 0.6 is 0 Å². The maximum absolute atomic E-state index is 14.3. The van der Waals surface area contributed by atoms with Crippen LogP contribution in [0.5, 0.6) is 11.5 Å². The molecule has 1 heterocycles. The van der Waals surface area contributed by atoms with E-state index in [-0.39, 0.29) is 30.0 Å². The molecule has 1 saturated carbocycles. The number of anilines is 1. The lowest BCUT2D eigenvalue weighted by atomic mass is 9.94. The SMILES string of the molecule is COc1ccc(N(C(=O)Cc2c[nH]c3ccccc23)C(C(=O)NC2CCCCC2)c2ccc([N+](=O)[O-])cc2)cc1OC. The van der Waals surface area contributed by atoms with E-state index >= 15 is 0 Å². The van der Waals surface area contributed by atoms with Gasteiger partial charge in [0.2, 0.25) is 11.8 Å². The van der Waals surface area contributed by atoms with Gasteiger partial charge in [-0.3, -0.25) is 24.6 Å². The molecule has 1 aliphatic rings. The number of non-ortho nitro benzene ring substituents is 1. The number of benzene rings is 3. The van der Waals surface area contributed by atoms with Crippen molar-refractivity contribution in [1.82, 2.24) is 10.3 Å². The van der Waals surface area contributed by atoms with Crippen LogP contribution in [0.3, 0.4) is 0 Å². The Kier molecular flexibility index (Phi) is 8.71. The largest absolute Gasteiger partial charge is 0.493 e. The average molecular weight is 571 g/mol. The van der Waals surface area contributed by atoms with Crippen molar-refractivity contribution in [2.24, 2.45) is 0 Å². The number of hydrogen-bond acceptors (Lipinski definition) is 6. The third-order valence-corrected chi connectivity index (χ3v) is 7.81. The normalized spacial score (nSPS) is 14.2. The number of fused-ring (bicyclic) bond motifs is 1. The van der Waals surface area contributed by atoms with Crippen LogP contribution in [0.25, 0.3) is 10.9 Å². The van der Waals surface area contributed by atoms with Crippen LogP contribution in [-0.4, -0.2) is 42.0 Å². The molecule has 42 heavy (non-hydrogen) atoms. The van der Waals surface area contributed by atoms with Crippen molar-refractivity contribution in [3.05, 3.63) is 94.2 Å². The zero-order valence-electron chi connectivity index (χ0n) is 23.7. The van der Waals surface area contributed by atoms with Crippen molar-refractivity contribution < 1.29 is 24.0 Å². The average Bonchev–Trinajstić information content (AvgIpc) is 3.42. The molecule has 0 saturated heterocycles. The number of hydrogen-bond donors (Lipinski definition) is 2. The summed E-state index contributed by atoms with van der Waals surface area (Å²) in [4.78, 5) is 44.1. The maximum Gasteiger partial charge on any atom is 0.269 e. The van der Waals surface area contributed by atoms with Crippen LogP contribution < -0.4 is 19.7 Å². The Morgan fingerprint density at radius 2 is 1.71 bits per heavy atom. The molecule has 0 bridgehead atoms. The number of nitrogens with zero attached hydrogens (tertiary/aromatic N) is 2. The number of para-hydroxylation sites is 1. The highest BCUT2D eigenvalue weighted by Gasteiger charge is 2.35. The Morgan fingerprint density at radius 1 is 1.00 bits per heavy atom. The van der Waals surface area contributed by atoms with Crippen molar-refractivity contribution in [3.63, 3.8) is 0 Å². The predicted octanol–water partition coefficient (Wildman–Crippen LogP) is 5.86. The molecule has 0 radical (unpaired) electrons. The first-order valence-electron chi connectivity index (χ1n) is 14.0. The van der Waals surface area contributed by atoms with E-state index in [1.54, 1.807) is 24.4 Å². The quantitative estimate of drug-likeness (QED) is 0.182. The monoisotopic (exact) mass is 570 g/mol. The van der Waals surface area contributed by atoms with Gasteiger partial charge >= 0.3 is 0 Å². The van der Waals surface area contributed by atoms with E-state index in [0.717, 1.165) is 48.6 Å². The van der Waals surface area contributed by atoms with Gasteiger partial charge in [-0.25, -0.2) is 0 Å². The molecule has 10 nitrogen and oxygen atoms in total. The Hall–Kier alpha value is -4.86. The van der Waals surface area contributed by atoms with Gasteiger partial charge < -0.3 is 19.8 Å². The Bertz CT molecular complexity index is 1580. The molecule has 2 N–H and O–H groups in total. The van der Waals surface area contributed by atoms with Crippen LogP contribution in [0.15, 0.2) is 72.9 Å². The lowest BCUT2D eigenvalue weighted by Crippen LogP contribution is -2.47. The number of amides is 2. The molecular formula is C32H34N4O6. The van der Waals surface area contributed by atoms with Crippen molar-refractivity contribution in [2.75, 3.05) is 19.1 Å². The summed E-state index contributed by atoms with van der Waals surface area (Å²) < 4.78 is 11.0. The van der Waals surface area contributed by atoms with Gasteiger partial charge in [0.05, 0.1) is 25.6 Å². The van der Waals surface area contributed by atoms with Gasteiger partial charge in [-0.15, -0.1) is 0 Å². The van der Waals surface area contributed by atoms with Gasteiger partial charge in [0, 0.05) is 47.0 Å². The molecule has 1 atom stereocenters. The summed E-state index contributed by atoms with van der Waals surface area (Å²) in [5, 5.41) is 15.5. The first kappa shape index (κ1) is 28.7. The molecule has 1 aromatic heterocycles. The zero-order valence-corrected chi connectivity index (χ0v) is 23.7. The predicted molar refractivity (Wildman–Crippen MR) is 160 cm³/mol. The fraction of sp³-hybridized carbons (Fsp3) is 0.312. The van der Waals surface area contributed by atoms with Gasteiger partial charge in [0.1, 0.15) is 6.04 Å². The second-order valence-corrected chi connectivity index (χ2v) is 10.4. The molecular weight excluding hydrogens is 536 g/mol. The van der Waals surface area contributed by atoms with Gasteiger partial charge in [0.25, 0.3) is 5.69 Å². The van der Waals surface area contributed by atoms with Crippen LogP contribution in [0.1, 0.15) is 49.3 Å². The summed E-state index contributed by atoms with van der Waals surface area (Å²) in [6, 6.07) is 17.4. The number of carbonyl (C=O) groups is 2. The van der Waals surface area contributed by atoms with Crippen molar-refractivity contribution in [2.45, 2.75) is 50.6 Å². The van der Waals surface area contributed by atoms with Gasteiger partial charge in [-0.1, -0.05) is 37.5 Å². The van der Waals surface area contributed by atoms with E-state index in [1.165, 1.54) is 43.4 Å². The van der Waals surface area contributed by atoms with E-state index in [1.807, 2.05) is 24.3 Å². The second-order valence-electron chi connectivity index (χ2n) is 10.4. The minimum atomic E-state index is -1.09. The number of aromatic nitrogens is 1. The lowest BCUT2D eigenvalue weighted by molar-refractivity contribution is -0.384. The van der Waals surface area contributed by atoms with E-state index in [4.69, 9.17) is 9.47 Å². The van der Waals surface area contributed by atoms with Gasteiger partial charge in [0.15, 0.2) is 11.5 Å². The third-order valence-electron chi connectivity index (χ3n) is 7.81. The van der Waals surface area contributed by atoms with Crippen molar-refractivity contribution in [3.8, 4) is 11.5 Å². The Morgan fingerprint density at radius 3 is 2.40 bits per heavy atom. The minimum Gasteiger partial charge on any atom is -0.493 e. The zero-order chi connectivity index (χ0) is 29.6. The van der Waals surface area contributed by atoms with E-state index in [0.29, 0.717) is 22.7 Å². The molecule has 4 aromatic rings. The molecule has 0 spiro atoms. The number of aromatic amines is 1. The van der Waals surface area contributed by atoms with Gasteiger partial charge in [-0.2, -0.15) is 0 Å². The molecule has 1 fully saturated rings. The highest BCUT2D eigenvalue weighted by Crippen LogP contribution is 2.37. The minimum absolute atomic E-state index is 0.0113. The van der Waals surface area contributed by atoms with Crippen LogP contribution in [-0.2, 0) is 16.0 Å². The van der Waals surface area contributed by atoms with Crippen molar-refractivity contribution >= 4 is 34.1 Å².